The van der Waals surface area contributed by atoms with Crippen LogP contribution in [0.3, 0.4) is 0 Å². The first-order valence-electron chi connectivity index (χ1n) is 4.92. The normalized spacial score (nSPS) is 20.2. The summed E-state index contributed by atoms with van der Waals surface area (Å²) in [4.78, 5) is 25.8. The van der Waals surface area contributed by atoms with E-state index in [1.54, 1.807) is 19.0 Å². The summed E-state index contributed by atoms with van der Waals surface area (Å²) in [5.41, 5.74) is 0. The lowest BCUT2D eigenvalue weighted by Gasteiger charge is -2.16. The molecule has 0 bridgehead atoms. The van der Waals surface area contributed by atoms with Crippen LogP contribution in [0.5, 0.6) is 0 Å². The van der Waals surface area contributed by atoms with Gasteiger partial charge in [-0.2, -0.15) is 5.26 Å². The Morgan fingerprint density at radius 1 is 1.67 bits per heavy atom. The highest BCUT2D eigenvalue weighted by molar-refractivity contribution is 5.80. The van der Waals surface area contributed by atoms with Crippen LogP contribution in [0.15, 0.2) is 0 Å². The number of amides is 2. The predicted octanol–water partition coefficient (Wildman–Crippen LogP) is -0.163. The molecule has 0 aliphatic carbocycles. The zero-order valence-corrected chi connectivity index (χ0v) is 9.06. The van der Waals surface area contributed by atoms with Gasteiger partial charge in [0.15, 0.2) is 0 Å². The molecule has 0 radical (unpaired) electrons. The lowest BCUT2D eigenvalue weighted by Crippen LogP contribution is -2.31. The molecule has 1 aliphatic heterocycles. The fourth-order valence-corrected chi connectivity index (χ4v) is 1.53. The van der Waals surface area contributed by atoms with Gasteiger partial charge in [-0.25, -0.2) is 0 Å². The van der Waals surface area contributed by atoms with Crippen molar-refractivity contribution in [1.29, 1.82) is 5.26 Å². The SMILES string of the molecule is CN(C)C(=O)CCN1CC(C#N)CC1=O. The Bertz CT molecular complexity index is 306. The fourth-order valence-electron chi connectivity index (χ4n) is 1.53. The van der Waals surface area contributed by atoms with Gasteiger partial charge in [-0.1, -0.05) is 0 Å². The summed E-state index contributed by atoms with van der Waals surface area (Å²) in [7, 11) is 3.37. The molecule has 1 rings (SSSR count). The number of hydrogen-bond acceptors (Lipinski definition) is 3. The van der Waals surface area contributed by atoms with Crippen molar-refractivity contribution in [3.8, 4) is 6.07 Å². The van der Waals surface area contributed by atoms with Crippen LogP contribution in [0.25, 0.3) is 0 Å². The quantitative estimate of drug-likeness (QED) is 0.648. The van der Waals surface area contributed by atoms with Crippen molar-refractivity contribution in [2.45, 2.75) is 12.8 Å². The Morgan fingerprint density at radius 2 is 2.33 bits per heavy atom. The van der Waals surface area contributed by atoms with Gasteiger partial charge in [0.05, 0.1) is 12.0 Å². The molecule has 0 aromatic carbocycles. The molecule has 15 heavy (non-hydrogen) atoms. The van der Waals surface area contributed by atoms with E-state index in [-0.39, 0.29) is 17.7 Å². The minimum atomic E-state index is -0.202. The molecule has 0 N–H and O–H groups in total. The first kappa shape index (κ1) is 11.5. The molecule has 1 fully saturated rings. The minimum Gasteiger partial charge on any atom is -0.349 e. The van der Waals surface area contributed by atoms with Crippen LogP contribution in [-0.4, -0.2) is 48.8 Å². The Balaban J connectivity index is 2.38. The van der Waals surface area contributed by atoms with Gasteiger partial charge in [0.2, 0.25) is 11.8 Å². The Morgan fingerprint density at radius 3 is 2.80 bits per heavy atom. The van der Waals surface area contributed by atoms with E-state index in [2.05, 4.69) is 6.07 Å². The average molecular weight is 209 g/mol. The zero-order valence-electron chi connectivity index (χ0n) is 9.06. The maximum Gasteiger partial charge on any atom is 0.224 e. The number of hydrogen-bond donors (Lipinski definition) is 0. The lowest BCUT2D eigenvalue weighted by atomic mass is 10.1. The first-order valence-corrected chi connectivity index (χ1v) is 4.92. The fraction of sp³-hybridized carbons (Fsp3) is 0.700. The van der Waals surface area contributed by atoms with Gasteiger partial charge < -0.3 is 9.80 Å². The number of rotatable bonds is 3. The Hall–Kier alpha value is -1.57. The largest absolute Gasteiger partial charge is 0.349 e. The van der Waals surface area contributed by atoms with Gasteiger partial charge in [0, 0.05) is 40.0 Å². The number of likely N-dealkylation sites (tertiary alicyclic amines) is 1. The Labute approximate surface area is 89.3 Å². The molecular weight excluding hydrogens is 194 g/mol. The molecule has 2 amide bonds. The molecule has 5 heteroatoms. The molecule has 82 valence electrons. The second-order valence-electron chi connectivity index (χ2n) is 3.91. The van der Waals surface area contributed by atoms with E-state index in [0.717, 1.165) is 0 Å². The third-order valence-corrected chi connectivity index (χ3v) is 2.49. The number of nitrogens with zero attached hydrogens (tertiary/aromatic N) is 3. The molecule has 1 heterocycles. The summed E-state index contributed by atoms with van der Waals surface area (Å²) in [5.74, 6) is -0.219. The standard InChI is InChI=1S/C10H15N3O2/c1-12(2)9(14)3-4-13-7-8(6-11)5-10(13)15/h8H,3-5,7H2,1-2H3. The molecule has 5 nitrogen and oxygen atoms in total. The molecule has 1 unspecified atom stereocenters. The zero-order chi connectivity index (χ0) is 11.4. The molecule has 1 atom stereocenters. The predicted molar refractivity (Wildman–Crippen MR) is 53.6 cm³/mol. The van der Waals surface area contributed by atoms with E-state index in [9.17, 15) is 9.59 Å². The summed E-state index contributed by atoms with van der Waals surface area (Å²) in [6.45, 7) is 0.893. The summed E-state index contributed by atoms with van der Waals surface area (Å²) in [5, 5.41) is 8.66. The van der Waals surface area contributed by atoms with E-state index >= 15 is 0 Å². The van der Waals surface area contributed by atoms with Crippen molar-refractivity contribution in [1.82, 2.24) is 9.80 Å². The van der Waals surface area contributed by atoms with Crippen LogP contribution in [0.4, 0.5) is 0 Å². The third kappa shape index (κ3) is 2.94. The topological polar surface area (TPSA) is 64.4 Å². The number of carbonyl (C=O) groups is 2. The maximum absolute atomic E-state index is 11.4. The van der Waals surface area contributed by atoms with Gasteiger partial charge in [-0.3, -0.25) is 9.59 Å². The van der Waals surface area contributed by atoms with E-state index < -0.39 is 0 Å². The molecule has 0 saturated carbocycles. The van der Waals surface area contributed by atoms with E-state index in [1.165, 1.54) is 4.90 Å². The van der Waals surface area contributed by atoms with Crippen LogP contribution < -0.4 is 0 Å². The third-order valence-electron chi connectivity index (χ3n) is 2.49. The second-order valence-corrected chi connectivity index (χ2v) is 3.91. The average Bonchev–Trinajstić information content (AvgIpc) is 2.55. The molecule has 1 aliphatic rings. The van der Waals surface area contributed by atoms with Crippen molar-refractivity contribution in [2.75, 3.05) is 27.2 Å². The van der Waals surface area contributed by atoms with Crippen molar-refractivity contribution in [2.24, 2.45) is 5.92 Å². The molecule has 0 aromatic heterocycles. The molecule has 1 saturated heterocycles. The van der Waals surface area contributed by atoms with Crippen molar-refractivity contribution < 1.29 is 9.59 Å². The molecule has 0 spiro atoms. The van der Waals surface area contributed by atoms with Crippen LogP contribution in [0.2, 0.25) is 0 Å². The van der Waals surface area contributed by atoms with Crippen molar-refractivity contribution in [3.63, 3.8) is 0 Å². The summed E-state index contributed by atoms with van der Waals surface area (Å²) in [6.07, 6.45) is 0.629. The van der Waals surface area contributed by atoms with Gasteiger partial charge >= 0.3 is 0 Å². The van der Waals surface area contributed by atoms with Crippen LogP contribution in [0, 0.1) is 17.2 Å². The highest BCUT2D eigenvalue weighted by atomic mass is 16.2. The number of nitriles is 1. The highest BCUT2D eigenvalue weighted by Gasteiger charge is 2.29. The van der Waals surface area contributed by atoms with Gasteiger partial charge in [-0.05, 0) is 0 Å². The Kier molecular flexibility index (Phi) is 3.67. The van der Waals surface area contributed by atoms with Crippen LogP contribution in [-0.2, 0) is 9.59 Å². The van der Waals surface area contributed by atoms with E-state index in [4.69, 9.17) is 5.26 Å². The number of carbonyl (C=O) groups excluding carboxylic acids is 2. The summed E-state index contributed by atoms with van der Waals surface area (Å²) >= 11 is 0. The highest BCUT2D eigenvalue weighted by Crippen LogP contribution is 2.16. The lowest BCUT2D eigenvalue weighted by molar-refractivity contribution is -0.131. The van der Waals surface area contributed by atoms with Gasteiger partial charge in [-0.15, -0.1) is 0 Å². The van der Waals surface area contributed by atoms with Crippen molar-refractivity contribution in [3.05, 3.63) is 0 Å². The van der Waals surface area contributed by atoms with E-state index in [0.29, 0.717) is 25.9 Å². The molecule has 0 aromatic rings. The monoisotopic (exact) mass is 209 g/mol. The minimum absolute atomic E-state index is 0.00297. The molecular formula is C10H15N3O2. The van der Waals surface area contributed by atoms with Crippen LogP contribution in [0.1, 0.15) is 12.8 Å². The van der Waals surface area contributed by atoms with Crippen LogP contribution >= 0.6 is 0 Å². The summed E-state index contributed by atoms with van der Waals surface area (Å²) < 4.78 is 0. The van der Waals surface area contributed by atoms with Gasteiger partial charge in [0.1, 0.15) is 0 Å². The summed E-state index contributed by atoms with van der Waals surface area (Å²) in [6, 6.07) is 2.08. The first-order chi connectivity index (χ1) is 7.04. The van der Waals surface area contributed by atoms with Gasteiger partial charge in [0.25, 0.3) is 0 Å². The van der Waals surface area contributed by atoms with Crippen molar-refractivity contribution >= 4 is 11.8 Å². The smallest absolute Gasteiger partial charge is 0.224 e. The van der Waals surface area contributed by atoms with E-state index in [1.807, 2.05) is 0 Å². The second kappa shape index (κ2) is 4.78. The maximum atomic E-state index is 11.4.